The van der Waals surface area contributed by atoms with E-state index < -0.39 is 0 Å². The van der Waals surface area contributed by atoms with E-state index in [0.717, 1.165) is 16.5 Å². The summed E-state index contributed by atoms with van der Waals surface area (Å²) in [6.45, 7) is 5.95. The van der Waals surface area contributed by atoms with Crippen molar-refractivity contribution in [3.63, 3.8) is 0 Å². The lowest BCUT2D eigenvalue weighted by Gasteiger charge is -2.24. The average molecular weight is 285 g/mol. The number of hydrogen-bond acceptors (Lipinski definition) is 2. The van der Waals surface area contributed by atoms with Gasteiger partial charge in [0.25, 0.3) is 0 Å². The minimum absolute atomic E-state index is 0.0749. The Morgan fingerprint density at radius 2 is 1.95 bits per heavy atom. The molecule has 112 valence electrons. The number of rotatable bonds is 5. The Morgan fingerprint density at radius 1 is 1.24 bits per heavy atom. The summed E-state index contributed by atoms with van der Waals surface area (Å²) < 4.78 is 0. The fourth-order valence-electron chi connectivity index (χ4n) is 2.34. The summed E-state index contributed by atoms with van der Waals surface area (Å²) >= 11 is 0. The molecule has 0 bridgehead atoms. The van der Waals surface area contributed by atoms with Crippen LogP contribution in [0.2, 0.25) is 0 Å². The van der Waals surface area contributed by atoms with Crippen LogP contribution >= 0.6 is 0 Å². The molecule has 1 unspecified atom stereocenters. The maximum absolute atomic E-state index is 12.4. The summed E-state index contributed by atoms with van der Waals surface area (Å²) in [5.74, 6) is 0.295. The van der Waals surface area contributed by atoms with Crippen LogP contribution in [0.15, 0.2) is 42.5 Å². The first-order valence-electron chi connectivity index (χ1n) is 7.39. The summed E-state index contributed by atoms with van der Waals surface area (Å²) in [7, 11) is 0. The maximum atomic E-state index is 12.4. The highest BCUT2D eigenvalue weighted by atomic mass is 16.2. The first kappa shape index (κ1) is 15.3. The van der Waals surface area contributed by atoms with Gasteiger partial charge in [0.2, 0.25) is 0 Å². The van der Waals surface area contributed by atoms with Gasteiger partial charge < -0.3 is 16.0 Å². The molecule has 2 amide bonds. The Kier molecular flexibility index (Phi) is 5.17. The van der Waals surface area contributed by atoms with E-state index in [1.54, 1.807) is 4.90 Å². The van der Waals surface area contributed by atoms with Gasteiger partial charge in [-0.1, -0.05) is 43.3 Å². The van der Waals surface area contributed by atoms with Gasteiger partial charge >= 0.3 is 6.03 Å². The maximum Gasteiger partial charge on any atom is 0.321 e. The number of benzene rings is 2. The Balaban J connectivity index is 2.17. The van der Waals surface area contributed by atoms with E-state index in [1.165, 1.54) is 0 Å². The molecular weight excluding hydrogens is 262 g/mol. The Morgan fingerprint density at radius 3 is 2.67 bits per heavy atom. The molecule has 3 N–H and O–H groups in total. The normalized spacial score (nSPS) is 12.1. The number of fused-ring (bicyclic) bond motifs is 1. The third kappa shape index (κ3) is 3.73. The molecule has 0 aliphatic heterocycles. The van der Waals surface area contributed by atoms with E-state index >= 15 is 0 Å². The van der Waals surface area contributed by atoms with Gasteiger partial charge in [0.05, 0.1) is 5.69 Å². The van der Waals surface area contributed by atoms with Crippen LogP contribution in [0.5, 0.6) is 0 Å². The fourth-order valence-corrected chi connectivity index (χ4v) is 2.34. The summed E-state index contributed by atoms with van der Waals surface area (Å²) in [6, 6.07) is 13.9. The van der Waals surface area contributed by atoms with E-state index in [2.05, 4.69) is 5.32 Å². The molecule has 2 aromatic carbocycles. The van der Waals surface area contributed by atoms with E-state index in [-0.39, 0.29) is 6.03 Å². The molecule has 0 saturated heterocycles. The number of anilines is 1. The van der Waals surface area contributed by atoms with Crippen LogP contribution in [0.25, 0.3) is 10.8 Å². The summed E-state index contributed by atoms with van der Waals surface area (Å²) in [5.41, 5.74) is 6.49. The number of urea groups is 1. The van der Waals surface area contributed by atoms with E-state index in [0.29, 0.717) is 25.6 Å². The molecule has 0 aliphatic carbocycles. The van der Waals surface area contributed by atoms with Crippen LogP contribution in [-0.4, -0.2) is 30.6 Å². The molecule has 0 aromatic heterocycles. The molecule has 0 fully saturated rings. The lowest BCUT2D eigenvalue weighted by Crippen LogP contribution is -2.39. The van der Waals surface area contributed by atoms with Crippen molar-refractivity contribution in [3.05, 3.63) is 42.5 Å². The Bertz CT molecular complexity index is 607. The Hall–Kier alpha value is -2.07. The van der Waals surface area contributed by atoms with Gasteiger partial charge in [-0.05, 0) is 30.8 Å². The molecule has 0 saturated carbocycles. The van der Waals surface area contributed by atoms with Crippen molar-refractivity contribution in [1.82, 2.24) is 4.90 Å². The summed E-state index contributed by atoms with van der Waals surface area (Å²) in [6.07, 6.45) is 0. The topological polar surface area (TPSA) is 58.4 Å². The highest BCUT2D eigenvalue weighted by Gasteiger charge is 2.15. The van der Waals surface area contributed by atoms with Crippen LogP contribution < -0.4 is 11.1 Å². The van der Waals surface area contributed by atoms with Gasteiger partial charge in [-0.25, -0.2) is 4.79 Å². The lowest BCUT2D eigenvalue weighted by molar-refractivity contribution is 0.206. The minimum Gasteiger partial charge on any atom is -0.330 e. The van der Waals surface area contributed by atoms with Crippen molar-refractivity contribution in [1.29, 1.82) is 0 Å². The number of nitrogens with zero attached hydrogens (tertiary/aromatic N) is 1. The first-order chi connectivity index (χ1) is 10.2. The van der Waals surface area contributed by atoms with Crippen LogP contribution in [0.3, 0.4) is 0 Å². The number of carbonyl (C=O) groups excluding carboxylic acids is 1. The van der Waals surface area contributed by atoms with Crippen molar-refractivity contribution in [3.8, 4) is 0 Å². The average Bonchev–Trinajstić information content (AvgIpc) is 2.52. The van der Waals surface area contributed by atoms with Crippen molar-refractivity contribution in [2.45, 2.75) is 13.8 Å². The molecule has 2 rings (SSSR count). The zero-order valence-electron chi connectivity index (χ0n) is 12.7. The molecule has 2 aromatic rings. The van der Waals surface area contributed by atoms with Crippen molar-refractivity contribution >= 4 is 22.5 Å². The lowest BCUT2D eigenvalue weighted by atomic mass is 10.1. The second-order valence-electron chi connectivity index (χ2n) is 5.34. The standard InChI is InChI=1S/C17H23N3O/c1-3-20(12-13(2)11-18)17(21)19-16-10-6-8-14-7-4-5-9-15(14)16/h4-10,13H,3,11-12,18H2,1-2H3,(H,19,21). The van der Waals surface area contributed by atoms with Gasteiger partial charge in [-0.2, -0.15) is 0 Å². The van der Waals surface area contributed by atoms with Crippen LogP contribution in [-0.2, 0) is 0 Å². The smallest absolute Gasteiger partial charge is 0.321 e. The van der Waals surface area contributed by atoms with Gasteiger partial charge in [0.1, 0.15) is 0 Å². The van der Waals surface area contributed by atoms with E-state index in [1.807, 2.05) is 56.3 Å². The largest absolute Gasteiger partial charge is 0.330 e. The molecule has 4 heteroatoms. The summed E-state index contributed by atoms with van der Waals surface area (Å²) in [5, 5.41) is 5.18. The molecular formula is C17H23N3O. The second kappa shape index (κ2) is 7.09. The molecule has 0 heterocycles. The number of carbonyl (C=O) groups is 1. The number of nitrogens with two attached hydrogens (primary N) is 1. The van der Waals surface area contributed by atoms with Crippen LogP contribution in [0, 0.1) is 5.92 Å². The van der Waals surface area contributed by atoms with Gasteiger partial charge in [-0.3, -0.25) is 0 Å². The molecule has 4 nitrogen and oxygen atoms in total. The van der Waals surface area contributed by atoms with Gasteiger partial charge in [0, 0.05) is 18.5 Å². The monoisotopic (exact) mass is 285 g/mol. The molecule has 0 aliphatic rings. The molecule has 1 atom stereocenters. The second-order valence-corrected chi connectivity index (χ2v) is 5.34. The molecule has 0 radical (unpaired) electrons. The SMILES string of the molecule is CCN(CC(C)CN)C(=O)Nc1cccc2ccccc12. The number of amides is 2. The number of hydrogen-bond donors (Lipinski definition) is 2. The summed E-state index contributed by atoms with van der Waals surface area (Å²) in [4.78, 5) is 14.2. The van der Waals surface area contributed by atoms with Gasteiger partial charge in [-0.15, -0.1) is 0 Å². The predicted molar refractivity (Wildman–Crippen MR) is 88.4 cm³/mol. The minimum atomic E-state index is -0.0749. The quantitative estimate of drug-likeness (QED) is 0.885. The van der Waals surface area contributed by atoms with Gasteiger partial charge in [0.15, 0.2) is 0 Å². The zero-order chi connectivity index (χ0) is 15.2. The van der Waals surface area contributed by atoms with Crippen LogP contribution in [0.1, 0.15) is 13.8 Å². The molecule has 0 spiro atoms. The highest BCUT2D eigenvalue weighted by Crippen LogP contribution is 2.23. The van der Waals surface area contributed by atoms with E-state index in [9.17, 15) is 4.79 Å². The zero-order valence-corrected chi connectivity index (χ0v) is 12.7. The predicted octanol–water partition coefficient (Wildman–Crippen LogP) is 3.29. The highest BCUT2D eigenvalue weighted by molar-refractivity contribution is 6.01. The third-order valence-electron chi connectivity index (χ3n) is 3.63. The van der Waals surface area contributed by atoms with Crippen molar-refractivity contribution in [2.75, 3.05) is 25.0 Å². The number of nitrogens with one attached hydrogen (secondary N) is 1. The van der Waals surface area contributed by atoms with Crippen molar-refractivity contribution < 1.29 is 4.79 Å². The molecule has 21 heavy (non-hydrogen) atoms. The first-order valence-corrected chi connectivity index (χ1v) is 7.39. The Labute approximate surface area is 125 Å². The van der Waals surface area contributed by atoms with Crippen molar-refractivity contribution in [2.24, 2.45) is 11.7 Å². The van der Waals surface area contributed by atoms with Crippen LogP contribution in [0.4, 0.5) is 10.5 Å². The van der Waals surface area contributed by atoms with E-state index in [4.69, 9.17) is 5.73 Å². The fraction of sp³-hybridized carbons (Fsp3) is 0.353. The third-order valence-corrected chi connectivity index (χ3v) is 3.63.